The molecule has 0 bridgehead atoms. The van der Waals surface area contributed by atoms with E-state index in [1.807, 2.05) is 0 Å². The van der Waals surface area contributed by atoms with Gasteiger partial charge in [0.1, 0.15) is 0 Å². The van der Waals surface area contributed by atoms with E-state index >= 15 is 0 Å². The van der Waals surface area contributed by atoms with Gasteiger partial charge >= 0.3 is 0 Å². The topological polar surface area (TPSA) is 41.8 Å². The van der Waals surface area contributed by atoms with E-state index in [9.17, 15) is 0 Å². The van der Waals surface area contributed by atoms with Crippen molar-refractivity contribution in [3.8, 4) is 0 Å². The number of nitrogens with one attached hydrogen (secondary N) is 1. The standard InChI is InChI=1S/C13H17BrN2/c1-8(2)10(6-15)11-7-16-13-9(11)4-3-5-12(13)14/h3-5,7-8,10,16H,6,15H2,1-2H3. The van der Waals surface area contributed by atoms with Gasteiger partial charge in [-0.25, -0.2) is 0 Å². The van der Waals surface area contributed by atoms with E-state index < -0.39 is 0 Å². The van der Waals surface area contributed by atoms with Crippen molar-refractivity contribution in [2.75, 3.05) is 6.54 Å². The predicted octanol–water partition coefficient (Wildman–Crippen LogP) is 3.63. The lowest BCUT2D eigenvalue weighted by molar-refractivity contribution is 0.509. The molecule has 86 valence electrons. The average molecular weight is 281 g/mol. The highest BCUT2D eigenvalue weighted by Gasteiger charge is 2.18. The van der Waals surface area contributed by atoms with Gasteiger partial charge in [0.2, 0.25) is 0 Å². The molecule has 16 heavy (non-hydrogen) atoms. The Kier molecular flexibility index (Phi) is 3.36. The summed E-state index contributed by atoms with van der Waals surface area (Å²) in [5.41, 5.74) is 8.36. The van der Waals surface area contributed by atoms with Gasteiger partial charge in [-0.1, -0.05) is 26.0 Å². The lowest BCUT2D eigenvalue weighted by atomic mass is 9.88. The van der Waals surface area contributed by atoms with Crippen LogP contribution in [0.3, 0.4) is 0 Å². The number of nitrogens with two attached hydrogens (primary N) is 1. The number of halogens is 1. The van der Waals surface area contributed by atoms with Gasteiger partial charge < -0.3 is 10.7 Å². The first-order valence-corrected chi connectivity index (χ1v) is 6.40. The highest BCUT2D eigenvalue weighted by molar-refractivity contribution is 9.10. The van der Waals surface area contributed by atoms with E-state index in [1.165, 1.54) is 10.9 Å². The lowest BCUT2D eigenvalue weighted by Crippen LogP contribution is -2.17. The van der Waals surface area contributed by atoms with Gasteiger partial charge in [-0.3, -0.25) is 0 Å². The van der Waals surface area contributed by atoms with Crippen LogP contribution in [0.1, 0.15) is 25.3 Å². The number of H-pyrrole nitrogens is 1. The molecular weight excluding hydrogens is 264 g/mol. The fraction of sp³-hybridized carbons (Fsp3) is 0.385. The van der Waals surface area contributed by atoms with Crippen molar-refractivity contribution in [2.24, 2.45) is 11.7 Å². The maximum absolute atomic E-state index is 5.87. The molecule has 0 fully saturated rings. The number of rotatable bonds is 3. The van der Waals surface area contributed by atoms with Gasteiger partial charge in [-0.15, -0.1) is 0 Å². The van der Waals surface area contributed by atoms with Gasteiger partial charge in [0, 0.05) is 22.0 Å². The zero-order valence-corrected chi connectivity index (χ0v) is 11.2. The summed E-state index contributed by atoms with van der Waals surface area (Å²) in [4.78, 5) is 3.32. The van der Waals surface area contributed by atoms with E-state index in [1.54, 1.807) is 0 Å². The molecule has 3 N–H and O–H groups in total. The third kappa shape index (κ3) is 1.89. The Labute approximate surface area is 104 Å². The molecule has 0 aliphatic rings. The van der Waals surface area contributed by atoms with E-state index in [-0.39, 0.29) is 0 Å². The third-order valence-corrected chi connectivity index (χ3v) is 3.82. The quantitative estimate of drug-likeness (QED) is 0.886. The lowest BCUT2D eigenvalue weighted by Gasteiger charge is -2.18. The van der Waals surface area contributed by atoms with Crippen LogP contribution in [0.2, 0.25) is 0 Å². The van der Waals surface area contributed by atoms with E-state index in [0.717, 1.165) is 9.99 Å². The molecule has 0 saturated carbocycles. The zero-order chi connectivity index (χ0) is 11.7. The zero-order valence-electron chi connectivity index (χ0n) is 9.63. The molecule has 2 aromatic rings. The molecule has 1 unspecified atom stereocenters. The van der Waals surface area contributed by atoms with Crippen molar-refractivity contribution in [3.05, 3.63) is 34.4 Å². The number of para-hydroxylation sites is 1. The summed E-state index contributed by atoms with van der Waals surface area (Å²) in [6.45, 7) is 5.12. The van der Waals surface area contributed by atoms with Crippen molar-refractivity contribution in [2.45, 2.75) is 19.8 Å². The van der Waals surface area contributed by atoms with Gasteiger partial charge in [0.15, 0.2) is 0 Å². The first-order chi connectivity index (χ1) is 7.65. The molecule has 0 aliphatic heterocycles. The minimum atomic E-state index is 0.419. The molecule has 2 rings (SSSR count). The van der Waals surface area contributed by atoms with Crippen LogP contribution in [-0.2, 0) is 0 Å². The normalized spacial score (nSPS) is 13.6. The molecular formula is C13H17BrN2. The highest BCUT2D eigenvalue weighted by Crippen LogP contribution is 2.32. The molecule has 1 heterocycles. The maximum Gasteiger partial charge on any atom is 0.0601 e. The van der Waals surface area contributed by atoms with Crippen LogP contribution in [-0.4, -0.2) is 11.5 Å². The molecule has 3 heteroatoms. The van der Waals surface area contributed by atoms with Crippen LogP contribution in [0.25, 0.3) is 10.9 Å². The number of aromatic amines is 1. The number of benzene rings is 1. The second-order valence-electron chi connectivity index (χ2n) is 4.49. The van der Waals surface area contributed by atoms with Gasteiger partial charge in [-0.2, -0.15) is 0 Å². The Bertz CT molecular complexity index is 488. The Morgan fingerprint density at radius 3 is 2.75 bits per heavy atom. The third-order valence-electron chi connectivity index (χ3n) is 3.15. The predicted molar refractivity (Wildman–Crippen MR) is 72.6 cm³/mol. The Hall–Kier alpha value is -0.800. The second kappa shape index (κ2) is 4.60. The molecule has 1 atom stereocenters. The maximum atomic E-state index is 5.87. The van der Waals surface area contributed by atoms with E-state index in [0.29, 0.717) is 18.4 Å². The molecule has 0 radical (unpaired) electrons. The van der Waals surface area contributed by atoms with Crippen LogP contribution in [0.15, 0.2) is 28.9 Å². The number of hydrogen-bond acceptors (Lipinski definition) is 1. The molecule has 0 aliphatic carbocycles. The summed E-state index contributed by atoms with van der Waals surface area (Å²) in [6, 6.07) is 6.27. The van der Waals surface area contributed by atoms with Crippen molar-refractivity contribution in [1.29, 1.82) is 0 Å². The fourth-order valence-corrected chi connectivity index (χ4v) is 2.68. The Morgan fingerprint density at radius 2 is 2.12 bits per heavy atom. The van der Waals surface area contributed by atoms with Gasteiger partial charge in [-0.05, 0) is 40.0 Å². The highest BCUT2D eigenvalue weighted by atomic mass is 79.9. The van der Waals surface area contributed by atoms with Crippen molar-refractivity contribution in [3.63, 3.8) is 0 Å². The van der Waals surface area contributed by atoms with Crippen molar-refractivity contribution in [1.82, 2.24) is 4.98 Å². The first kappa shape index (κ1) is 11.7. The SMILES string of the molecule is CC(C)C(CN)c1c[nH]c2c(Br)cccc12. The van der Waals surface area contributed by atoms with Crippen molar-refractivity contribution >= 4 is 26.8 Å². The van der Waals surface area contributed by atoms with Crippen molar-refractivity contribution < 1.29 is 0 Å². The van der Waals surface area contributed by atoms with E-state index in [4.69, 9.17) is 5.73 Å². The fourth-order valence-electron chi connectivity index (χ4n) is 2.20. The minimum absolute atomic E-state index is 0.419. The van der Waals surface area contributed by atoms with Crippen LogP contribution in [0.5, 0.6) is 0 Å². The Morgan fingerprint density at radius 1 is 1.38 bits per heavy atom. The summed E-state index contributed by atoms with van der Waals surface area (Å²) in [6.07, 6.45) is 2.09. The summed E-state index contributed by atoms with van der Waals surface area (Å²) in [5.74, 6) is 0.978. The smallest absolute Gasteiger partial charge is 0.0601 e. The van der Waals surface area contributed by atoms with Crippen LogP contribution in [0, 0.1) is 5.92 Å². The summed E-state index contributed by atoms with van der Waals surface area (Å²) >= 11 is 3.56. The summed E-state index contributed by atoms with van der Waals surface area (Å²) in [5, 5.41) is 1.28. The van der Waals surface area contributed by atoms with E-state index in [2.05, 4.69) is 59.2 Å². The average Bonchev–Trinajstić information content (AvgIpc) is 2.64. The van der Waals surface area contributed by atoms with Crippen LogP contribution < -0.4 is 5.73 Å². The molecule has 0 spiro atoms. The van der Waals surface area contributed by atoms with Crippen LogP contribution in [0.4, 0.5) is 0 Å². The van der Waals surface area contributed by atoms with Gasteiger partial charge in [0.25, 0.3) is 0 Å². The molecule has 1 aromatic heterocycles. The molecule has 0 saturated heterocycles. The number of hydrogen-bond donors (Lipinski definition) is 2. The largest absolute Gasteiger partial charge is 0.360 e. The second-order valence-corrected chi connectivity index (χ2v) is 5.35. The van der Waals surface area contributed by atoms with Gasteiger partial charge in [0.05, 0.1) is 5.52 Å². The molecule has 2 nitrogen and oxygen atoms in total. The number of fused-ring (bicyclic) bond motifs is 1. The van der Waals surface area contributed by atoms with Crippen LogP contribution >= 0.6 is 15.9 Å². The summed E-state index contributed by atoms with van der Waals surface area (Å²) in [7, 11) is 0. The molecule has 0 amide bonds. The minimum Gasteiger partial charge on any atom is -0.360 e. The summed E-state index contributed by atoms with van der Waals surface area (Å²) < 4.78 is 1.11. The monoisotopic (exact) mass is 280 g/mol. The molecule has 1 aromatic carbocycles. The first-order valence-electron chi connectivity index (χ1n) is 5.60. The number of aromatic nitrogens is 1. The Balaban J connectivity index is 2.57.